The minimum atomic E-state index is -0.868. The van der Waals surface area contributed by atoms with Crippen LogP contribution in [0.1, 0.15) is 36.2 Å². The molecule has 1 amide bonds. The second kappa shape index (κ2) is 8.03. The van der Waals surface area contributed by atoms with Crippen LogP contribution in [-0.4, -0.2) is 54.9 Å². The van der Waals surface area contributed by atoms with E-state index in [1.54, 1.807) is 6.07 Å². The van der Waals surface area contributed by atoms with Crippen LogP contribution in [0.15, 0.2) is 6.07 Å². The summed E-state index contributed by atoms with van der Waals surface area (Å²) in [5, 5.41) is 13.4. The number of benzene rings is 1. The zero-order valence-electron chi connectivity index (χ0n) is 14.2. The van der Waals surface area contributed by atoms with Gasteiger partial charge in [0.15, 0.2) is 5.75 Å². The fraction of sp³-hybridized carbons (Fsp3) is 0.588. The van der Waals surface area contributed by atoms with Gasteiger partial charge in [0.05, 0.1) is 12.1 Å². The zero-order chi connectivity index (χ0) is 17.9. The van der Waals surface area contributed by atoms with Crippen LogP contribution >= 0.6 is 11.6 Å². The number of carbonyl (C=O) groups excluding carboxylic acids is 1. The molecular weight excluding hydrogens is 335 g/mol. The van der Waals surface area contributed by atoms with Crippen LogP contribution in [0.2, 0.25) is 5.02 Å². The van der Waals surface area contributed by atoms with Crippen molar-refractivity contribution in [3.63, 3.8) is 0 Å². The van der Waals surface area contributed by atoms with Crippen molar-refractivity contribution >= 4 is 17.5 Å². The number of ether oxygens (including phenoxy) is 1. The number of phenols is 1. The maximum Gasteiger partial charge on any atom is 0.258 e. The van der Waals surface area contributed by atoms with Gasteiger partial charge in [0.1, 0.15) is 17.5 Å². The lowest BCUT2D eigenvalue weighted by Crippen LogP contribution is -2.40. The number of methoxy groups -OCH3 is 1. The molecule has 0 aromatic heterocycles. The lowest BCUT2D eigenvalue weighted by atomic mass is 10.0. The molecular formula is C17H24ClFN2O3. The number of nitrogens with one attached hydrogen (secondary N) is 1. The Labute approximate surface area is 146 Å². The van der Waals surface area contributed by atoms with Crippen molar-refractivity contribution in [2.24, 2.45) is 0 Å². The van der Waals surface area contributed by atoms with E-state index >= 15 is 0 Å². The minimum Gasteiger partial charge on any atom is -0.507 e. The van der Waals surface area contributed by atoms with Crippen LogP contribution in [0.3, 0.4) is 0 Å². The molecule has 0 aliphatic carbocycles. The van der Waals surface area contributed by atoms with E-state index in [-0.39, 0.29) is 28.1 Å². The van der Waals surface area contributed by atoms with Gasteiger partial charge in [0.2, 0.25) is 0 Å². The third-order valence-electron chi connectivity index (χ3n) is 4.48. The number of hydrogen-bond acceptors (Lipinski definition) is 4. The van der Waals surface area contributed by atoms with Crippen LogP contribution < -0.4 is 10.1 Å². The van der Waals surface area contributed by atoms with Gasteiger partial charge >= 0.3 is 0 Å². The fourth-order valence-corrected chi connectivity index (χ4v) is 3.48. The van der Waals surface area contributed by atoms with Crippen LogP contribution in [0.25, 0.3) is 0 Å². The summed E-state index contributed by atoms with van der Waals surface area (Å²) in [5.74, 6) is -0.454. The second-order valence-electron chi connectivity index (χ2n) is 5.91. The number of amides is 1. The molecule has 24 heavy (non-hydrogen) atoms. The van der Waals surface area contributed by atoms with E-state index in [0.717, 1.165) is 6.54 Å². The average molecular weight is 359 g/mol. The number of halogens is 2. The van der Waals surface area contributed by atoms with E-state index in [1.165, 1.54) is 7.11 Å². The first-order valence-electron chi connectivity index (χ1n) is 8.17. The number of likely N-dealkylation sites (N-methyl/N-ethyl adjacent to an activating group) is 1. The highest BCUT2D eigenvalue weighted by molar-refractivity contribution is 6.33. The van der Waals surface area contributed by atoms with Crippen LogP contribution in [0, 0.1) is 0 Å². The van der Waals surface area contributed by atoms with E-state index in [4.69, 9.17) is 16.3 Å². The van der Waals surface area contributed by atoms with Gasteiger partial charge in [-0.15, -0.1) is 0 Å². The lowest BCUT2D eigenvalue weighted by molar-refractivity contribution is 0.0935. The Hall–Kier alpha value is -1.53. The number of nitrogens with zero attached hydrogens (tertiary/aromatic N) is 1. The number of alkyl halides is 1. The first-order chi connectivity index (χ1) is 11.4. The van der Waals surface area contributed by atoms with Crippen molar-refractivity contribution in [1.29, 1.82) is 0 Å². The Morgan fingerprint density at radius 3 is 2.83 bits per heavy atom. The monoisotopic (exact) mass is 358 g/mol. The summed E-state index contributed by atoms with van der Waals surface area (Å²) in [6.07, 6.45) is 0.0612. The highest BCUT2D eigenvalue weighted by Gasteiger charge is 2.32. The molecule has 1 heterocycles. The normalized spacial score (nSPS) is 21.0. The number of aryl methyl sites for hydroxylation is 1. The molecule has 0 spiro atoms. The fourth-order valence-electron chi connectivity index (χ4n) is 3.18. The smallest absolute Gasteiger partial charge is 0.258 e. The number of hydrogen-bond donors (Lipinski definition) is 2. The van der Waals surface area contributed by atoms with Crippen LogP contribution in [0.4, 0.5) is 4.39 Å². The van der Waals surface area contributed by atoms with Gasteiger partial charge in [-0.2, -0.15) is 0 Å². The van der Waals surface area contributed by atoms with Gasteiger partial charge < -0.3 is 15.2 Å². The molecule has 1 aliphatic rings. The summed E-state index contributed by atoms with van der Waals surface area (Å²) in [4.78, 5) is 14.6. The van der Waals surface area contributed by atoms with Crippen molar-refractivity contribution in [1.82, 2.24) is 10.2 Å². The molecule has 7 heteroatoms. The SMILES string of the molecule is CCc1cc(Cl)c(OC)c(C(=O)NC[C@@H]2C[C@H](F)CN2CC)c1O. The standard InChI is InChI=1S/C17H24ClFN2O3/c1-4-10-6-13(18)16(24-3)14(15(10)22)17(23)20-8-12-7-11(19)9-21(12)5-2/h6,11-12,22H,4-5,7-9H2,1-3H3,(H,20,23)/t11-,12-/m0/s1. The maximum absolute atomic E-state index is 13.6. The molecule has 0 saturated carbocycles. The molecule has 1 saturated heterocycles. The molecule has 2 N–H and O–H groups in total. The van der Waals surface area contributed by atoms with Gasteiger partial charge in [-0.3, -0.25) is 9.69 Å². The number of likely N-dealkylation sites (tertiary alicyclic amines) is 1. The molecule has 1 aliphatic heterocycles. The zero-order valence-corrected chi connectivity index (χ0v) is 15.0. The Balaban J connectivity index is 2.19. The van der Waals surface area contributed by atoms with Gasteiger partial charge in [0, 0.05) is 19.1 Å². The van der Waals surface area contributed by atoms with E-state index < -0.39 is 12.1 Å². The molecule has 5 nitrogen and oxygen atoms in total. The quantitative estimate of drug-likeness (QED) is 0.821. The van der Waals surface area contributed by atoms with Crippen LogP contribution in [0.5, 0.6) is 11.5 Å². The molecule has 2 atom stereocenters. The summed E-state index contributed by atoms with van der Waals surface area (Å²) in [7, 11) is 1.40. The number of aromatic hydroxyl groups is 1. The highest BCUT2D eigenvalue weighted by Crippen LogP contribution is 2.38. The highest BCUT2D eigenvalue weighted by atomic mass is 35.5. The summed E-state index contributed by atoms with van der Waals surface area (Å²) >= 11 is 6.15. The summed E-state index contributed by atoms with van der Waals surface area (Å²) in [5.41, 5.74) is 0.602. The first-order valence-corrected chi connectivity index (χ1v) is 8.55. The summed E-state index contributed by atoms with van der Waals surface area (Å²) in [6.45, 7) is 5.25. The van der Waals surface area contributed by atoms with Gasteiger partial charge in [-0.05, 0) is 31.0 Å². The number of rotatable bonds is 6. The second-order valence-corrected chi connectivity index (χ2v) is 6.32. The molecule has 1 aromatic rings. The van der Waals surface area contributed by atoms with Crippen molar-refractivity contribution in [2.75, 3.05) is 26.7 Å². The van der Waals surface area contributed by atoms with E-state index in [0.29, 0.717) is 31.5 Å². The summed E-state index contributed by atoms with van der Waals surface area (Å²) in [6, 6.07) is 1.54. The predicted molar refractivity (Wildman–Crippen MR) is 91.9 cm³/mol. The summed E-state index contributed by atoms with van der Waals surface area (Å²) < 4.78 is 18.7. The van der Waals surface area contributed by atoms with E-state index in [1.807, 2.05) is 18.7 Å². The largest absolute Gasteiger partial charge is 0.507 e. The molecule has 134 valence electrons. The number of carbonyl (C=O) groups is 1. The number of phenolic OH excluding ortho intramolecular Hbond substituents is 1. The Kier molecular flexibility index (Phi) is 6.29. The molecule has 2 rings (SSSR count). The molecule has 1 fully saturated rings. The maximum atomic E-state index is 13.6. The Bertz CT molecular complexity index is 612. The minimum absolute atomic E-state index is 0.0275. The molecule has 0 unspecified atom stereocenters. The molecule has 0 bridgehead atoms. The Morgan fingerprint density at radius 1 is 1.54 bits per heavy atom. The van der Waals surface area contributed by atoms with Gasteiger partial charge in [-0.25, -0.2) is 4.39 Å². The average Bonchev–Trinajstić information content (AvgIpc) is 2.93. The van der Waals surface area contributed by atoms with Crippen LogP contribution in [-0.2, 0) is 6.42 Å². The van der Waals surface area contributed by atoms with E-state index in [9.17, 15) is 14.3 Å². The third-order valence-corrected chi connectivity index (χ3v) is 4.76. The van der Waals surface area contributed by atoms with Crippen molar-refractivity contribution in [3.05, 3.63) is 22.2 Å². The molecule has 0 radical (unpaired) electrons. The van der Waals surface area contributed by atoms with Crippen molar-refractivity contribution < 1.29 is 19.0 Å². The predicted octanol–water partition coefficient (Wildman–Crippen LogP) is 2.78. The topological polar surface area (TPSA) is 61.8 Å². The first kappa shape index (κ1) is 18.8. The Morgan fingerprint density at radius 2 is 2.25 bits per heavy atom. The molecule has 1 aromatic carbocycles. The third kappa shape index (κ3) is 3.75. The lowest BCUT2D eigenvalue weighted by Gasteiger charge is -2.23. The van der Waals surface area contributed by atoms with E-state index in [2.05, 4.69) is 5.32 Å². The van der Waals surface area contributed by atoms with Crippen molar-refractivity contribution in [3.8, 4) is 11.5 Å². The van der Waals surface area contributed by atoms with Crippen molar-refractivity contribution in [2.45, 2.75) is 38.9 Å². The van der Waals surface area contributed by atoms with Gasteiger partial charge in [-0.1, -0.05) is 25.4 Å². The van der Waals surface area contributed by atoms with Gasteiger partial charge in [0.25, 0.3) is 5.91 Å².